The maximum atomic E-state index is 13.9. The van der Waals surface area contributed by atoms with Gasteiger partial charge in [-0.05, 0) is 6.92 Å². The molecule has 4 N–H and O–H groups in total. The zero-order chi connectivity index (χ0) is 16.2. The minimum Gasteiger partial charge on any atom is -0.383 e. The van der Waals surface area contributed by atoms with Crippen molar-refractivity contribution in [2.45, 2.75) is 17.9 Å². The Bertz CT molecular complexity index is 637. The van der Waals surface area contributed by atoms with Gasteiger partial charge in [-0.1, -0.05) is 0 Å². The Kier molecular flexibility index (Phi) is 5.54. The van der Waals surface area contributed by atoms with Gasteiger partial charge in [0.1, 0.15) is 4.90 Å². The number of hydrogen-bond acceptors (Lipinski definition) is 7. The number of nitrogens with one attached hydrogen (secondary N) is 2. The quantitative estimate of drug-likeness (QED) is 0.374. The van der Waals surface area contributed by atoms with E-state index in [-0.39, 0.29) is 6.61 Å². The first-order chi connectivity index (χ1) is 9.72. The summed E-state index contributed by atoms with van der Waals surface area (Å²) in [4.78, 5) is 8.98. The Balaban J connectivity index is 3.32. The number of benzene rings is 1. The molecule has 0 aliphatic heterocycles. The van der Waals surface area contributed by atoms with Gasteiger partial charge in [-0.15, -0.1) is 0 Å². The summed E-state index contributed by atoms with van der Waals surface area (Å²) < 4.78 is 45.1. The van der Waals surface area contributed by atoms with Crippen molar-refractivity contribution in [1.29, 1.82) is 0 Å². The second kappa shape index (κ2) is 6.76. The molecular weight excluding hydrogens is 307 g/mol. The molecule has 118 valence electrons. The van der Waals surface area contributed by atoms with Gasteiger partial charge in [0.15, 0.2) is 5.82 Å². The number of rotatable bonds is 7. The first-order valence-corrected chi connectivity index (χ1v) is 7.17. The second-order valence-corrected chi connectivity index (χ2v) is 5.83. The molecule has 11 heteroatoms. The lowest BCUT2D eigenvalue weighted by atomic mass is 10.3. The predicted molar refractivity (Wildman–Crippen MR) is 72.5 cm³/mol. The molecule has 1 unspecified atom stereocenters. The van der Waals surface area contributed by atoms with Crippen LogP contribution in [0.25, 0.3) is 0 Å². The lowest BCUT2D eigenvalue weighted by Gasteiger charge is -2.16. The van der Waals surface area contributed by atoms with E-state index in [0.29, 0.717) is 6.07 Å². The van der Waals surface area contributed by atoms with E-state index in [1.54, 1.807) is 0 Å². The molecule has 0 aliphatic carbocycles. The van der Waals surface area contributed by atoms with E-state index in [1.807, 2.05) is 5.43 Å². The number of nitrogens with zero attached hydrogens (tertiary/aromatic N) is 1. The number of non-ortho nitro benzene ring substituents is 1. The number of halogens is 1. The van der Waals surface area contributed by atoms with Gasteiger partial charge in [0.05, 0.1) is 23.3 Å². The van der Waals surface area contributed by atoms with Crippen LogP contribution in [-0.4, -0.2) is 33.1 Å². The standard InChI is InChI=1S/C10H15FN4O5S/c1-6(5-20-2)14-21(18,19)10-8(11)3-7(15(16)17)4-9(10)13-12/h3-4,6,13-14H,5,12H2,1-2H3. The average molecular weight is 322 g/mol. The third-order valence-electron chi connectivity index (χ3n) is 2.44. The molecule has 0 fully saturated rings. The SMILES string of the molecule is COCC(C)NS(=O)(=O)c1c(F)cc([N+](=O)[O-])cc1NN. The van der Waals surface area contributed by atoms with E-state index in [4.69, 9.17) is 10.6 Å². The van der Waals surface area contributed by atoms with E-state index >= 15 is 0 Å². The number of anilines is 1. The van der Waals surface area contributed by atoms with E-state index in [0.717, 1.165) is 6.07 Å². The number of nitrogens with two attached hydrogens (primary N) is 1. The van der Waals surface area contributed by atoms with Crippen LogP contribution in [0.3, 0.4) is 0 Å². The first-order valence-electron chi connectivity index (χ1n) is 5.68. The van der Waals surface area contributed by atoms with Gasteiger partial charge in [0, 0.05) is 19.2 Å². The van der Waals surface area contributed by atoms with Crippen LogP contribution in [0, 0.1) is 15.9 Å². The number of hydrazine groups is 1. The van der Waals surface area contributed by atoms with Crippen LogP contribution < -0.4 is 16.0 Å². The normalized spacial score (nSPS) is 13.0. The minimum atomic E-state index is -4.27. The van der Waals surface area contributed by atoms with Crippen molar-refractivity contribution in [2.24, 2.45) is 5.84 Å². The molecular formula is C10H15FN4O5S. The topological polar surface area (TPSA) is 137 Å². The average Bonchev–Trinajstić information content (AvgIpc) is 2.36. The lowest BCUT2D eigenvalue weighted by molar-refractivity contribution is -0.385. The molecule has 1 atom stereocenters. The molecule has 1 aromatic rings. The first kappa shape index (κ1) is 17.2. The van der Waals surface area contributed by atoms with Crippen LogP contribution >= 0.6 is 0 Å². The van der Waals surface area contributed by atoms with Crippen LogP contribution in [0.2, 0.25) is 0 Å². The molecule has 0 saturated heterocycles. The smallest absolute Gasteiger partial charge is 0.274 e. The fourth-order valence-electron chi connectivity index (χ4n) is 1.67. The minimum absolute atomic E-state index is 0.0687. The van der Waals surface area contributed by atoms with Crippen molar-refractivity contribution in [1.82, 2.24) is 4.72 Å². The van der Waals surface area contributed by atoms with Crippen LogP contribution in [0.5, 0.6) is 0 Å². The fraction of sp³-hybridized carbons (Fsp3) is 0.400. The zero-order valence-corrected chi connectivity index (χ0v) is 12.1. The third-order valence-corrected chi connectivity index (χ3v) is 4.10. The molecule has 0 heterocycles. The number of methoxy groups -OCH3 is 1. The molecule has 9 nitrogen and oxygen atoms in total. The number of nitro groups is 1. The second-order valence-electron chi connectivity index (χ2n) is 4.18. The summed E-state index contributed by atoms with van der Waals surface area (Å²) in [5, 5.41) is 10.6. The van der Waals surface area contributed by atoms with E-state index in [1.165, 1.54) is 14.0 Å². The highest BCUT2D eigenvalue weighted by molar-refractivity contribution is 7.89. The van der Waals surface area contributed by atoms with Crippen LogP contribution in [0.1, 0.15) is 6.92 Å². The summed E-state index contributed by atoms with van der Waals surface area (Å²) in [7, 11) is -2.89. The van der Waals surface area contributed by atoms with Gasteiger partial charge in [-0.2, -0.15) is 0 Å². The fourth-order valence-corrected chi connectivity index (χ4v) is 3.11. The van der Waals surface area contributed by atoms with Crippen molar-refractivity contribution < 1.29 is 22.5 Å². The summed E-state index contributed by atoms with van der Waals surface area (Å²) in [6, 6.07) is 0.717. The van der Waals surface area contributed by atoms with Gasteiger partial charge < -0.3 is 10.2 Å². The molecule has 0 amide bonds. The Morgan fingerprint density at radius 3 is 2.62 bits per heavy atom. The summed E-state index contributed by atoms with van der Waals surface area (Å²) in [6.07, 6.45) is 0. The van der Waals surface area contributed by atoms with Crippen molar-refractivity contribution in [3.8, 4) is 0 Å². The van der Waals surface area contributed by atoms with E-state index < -0.39 is 43.1 Å². The molecule has 21 heavy (non-hydrogen) atoms. The molecule has 0 spiro atoms. The molecule has 0 bridgehead atoms. The van der Waals surface area contributed by atoms with Crippen LogP contribution in [0.15, 0.2) is 17.0 Å². The number of nitro benzene ring substituents is 1. The highest BCUT2D eigenvalue weighted by Crippen LogP contribution is 2.29. The number of ether oxygens (including phenoxy) is 1. The van der Waals surface area contributed by atoms with Crippen molar-refractivity contribution in [3.63, 3.8) is 0 Å². The molecule has 0 radical (unpaired) electrons. The van der Waals surface area contributed by atoms with Gasteiger partial charge in [-0.3, -0.25) is 16.0 Å². The Morgan fingerprint density at radius 1 is 1.52 bits per heavy atom. The summed E-state index contributed by atoms with van der Waals surface area (Å²) >= 11 is 0. The van der Waals surface area contributed by atoms with Gasteiger partial charge in [-0.25, -0.2) is 17.5 Å². The molecule has 0 aliphatic rings. The predicted octanol–water partition coefficient (Wildman–Crippen LogP) is 0.333. The van der Waals surface area contributed by atoms with Gasteiger partial charge in [0.2, 0.25) is 10.0 Å². The Labute approximate surface area is 120 Å². The van der Waals surface area contributed by atoms with Crippen LogP contribution in [0.4, 0.5) is 15.8 Å². The summed E-state index contributed by atoms with van der Waals surface area (Å²) in [5.74, 6) is 3.84. The van der Waals surface area contributed by atoms with Crippen LogP contribution in [-0.2, 0) is 14.8 Å². The summed E-state index contributed by atoms with van der Waals surface area (Å²) in [5.41, 5.74) is 0.909. The maximum Gasteiger partial charge on any atom is 0.274 e. The third kappa shape index (κ3) is 4.07. The highest BCUT2D eigenvalue weighted by atomic mass is 32.2. The van der Waals surface area contributed by atoms with E-state index in [2.05, 4.69) is 4.72 Å². The number of hydrogen-bond donors (Lipinski definition) is 3. The van der Waals surface area contributed by atoms with Crippen molar-refractivity contribution in [3.05, 3.63) is 28.1 Å². The van der Waals surface area contributed by atoms with Crippen molar-refractivity contribution >= 4 is 21.4 Å². The Morgan fingerprint density at radius 2 is 2.14 bits per heavy atom. The number of sulfonamides is 1. The van der Waals surface area contributed by atoms with Gasteiger partial charge >= 0.3 is 0 Å². The molecule has 1 aromatic carbocycles. The molecule has 0 aromatic heterocycles. The Hall–Kier alpha value is -1.82. The zero-order valence-electron chi connectivity index (χ0n) is 11.3. The molecule has 1 rings (SSSR count). The lowest BCUT2D eigenvalue weighted by Crippen LogP contribution is -2.36. The monoisotopic (exact) mass is 322 g/mol. The number of nitrogen functional groups attached to an aromatic ring is 1. The van der Waals surface area contributed by atoms with Crippen molar-refractivity contribution in [2.75, 3.05) is 19.1 Å². The van der Waals surface area contributed by atoms with E-state index in [9.17, 15) is 22.9 Å². The molecule has 0 saturated carbocycles. The highest BCUT2D eigenvalue weighted by Gasteiger charge is 2.28. The summed E-state index contributed by atoms with van der Waals surface area (Å²) in [6.45, 7) is 1.58. The largest absolute Gasteiger partial charge is 0.383 e. The van der Waals surface area contributed by atoms with Gasteiger partial charge in [0.25, 0.3) is 5.69 Å². The maximum absolute atomic E-state index is 13.9.